The Morgan fingerprint density at radius 3 is 2.00 bits per heavy atom. The van der Waals surface area contributed by atoms with Crippen LogP contribution >= 0.6 is 23.1 Å². The number of thiophene rings is 1. The van der Waals surface area contributed by atoms with Crippen molar-refractivity contribution in [3.8, 4) is 0 Å². The zero-order valence-corrected chi connectivity index (χ0v) is 41.1. The van der Waals surface area contributed by atoms with Gasteiger partial charge in [-0.25, -0.2) is 0 Å². The third-order valence-electron chi connectivity index (χ3n) is 11.0. The summed E-state index contributed by atoms with van der Waals surface area (Å²) in [5.74, 6) is -1.63. The van der Waals surface area contributed by atoms with Gasteiger partial charge in [-0.1, -0.05) is 56.8 Å². The molecule has 0 amide bonds. The van der Waals surface area contributed by atoms with Crippen molar-refractivity contribution < 1.29 is 79.3 Å². The Morgan fingerprint density at radius 2 is 1.45 bits per heavy atom. The predicted molar refractivity (Wildman–Crippen MR) is 246 cm³/mol. The topological polar surface area (TPSA) is 315 Å². The quantitative estimate of drug-likeness (QED) is 0.0245. The fourth-order valence-corrected chi connectivity index (χ4v) is 13.9. The second-order valence-electron chi connectivity index (χ2n) is 16.3. The lowest BCUT2D eigenvalue weighted by molar-refractivity contribution is -0.435. The lowest BCUT2D eigenvalue weighted by atomic mass is 9.81. The van der Waals surface area contributed by atoms with Crippen LogP contribution in [0.4, 0.5) is 11.4 Å². The van der Waals surface area contributed by atoms with E-state index in [1.165, 1.54) is 19.1 Å². The van der Waals surface area contributed by atoms with E-state index in [1.807, 2.05) is 13.8 Å². The maximum atomic E-state index is 12.8. The van der Waals surface area contributed by atoms with Crippen LogP contribution in [0.15, 0.2) is 84.0 Å². The molecule has 0 saturated heterocycles. The molecule has 2 aromatic carbocycles. The van der Waals surface area contributed by atoms with E-state index >= 15 is 0 Å². The molecule has 0 aliphatic carbocycles. The van der Waals surface area contributed by atoms with Gasteiger partial charge in [-0.15, -0.1) is 11.3 Å². The number of benzene rings is 2. The van der Waals surface area contributed by atoms with Crippen molar-refractivity contribution >= 4 is 107 Å². The van der Waals surface area contributed by atoms with Crippen LogP contribution in [-0.4, -0.2) is 105 Å². The minimum atomic E-state index is -4.99. The maximum Gasteiger partial charge on any atom is 0.304 e. The van der Waals surface area contributed by atoms with Gasteiger partial charge in [0.2, 0.25) is 5.69 Å². The molecule has 3 aromatic rings. The van der Waals surface area contributed by atoms with Crippen LogP contribution in [0.25, 0.3) is 10.1 Å². The van der Waals surface area contributed by atoms with Crippen LogP contribution in [0.2, 0.25) is 0 Å². The smallest absolute Gasteiger partial charge is 0.304 e. The molecule has 356 valence electrons. The molecule has 0 spiro atoms. The van der Waals surface area contributed by atoms with E-state index < -0.39 is 91.4 Å². The molecule has 26 heteroatoms. The molecule has 19 nitrogen and oxygen atoms in total. The Kier molecular flexibility index (Phi) is 14.7. The summed E-state index contributed by atoms with van der Waals surface area (Å²) in [6.45, 7) is 12.1. The van der Waals surface area contributed by atoms with Gasteiger partial charge < -0.3 is 10.0 Å². The van der Waals surface area contributed by atoms with Gasteiger partial charge in [0.05, 0.1) is 21.3 Å². The van der Waals surface area contributed by atoms with Crippen LogP contribution in [0.3, 0.4) is 0 Å². The largest absolute Gasteiger partial charge is 0.481 e. The average Bonchev–Trinajstić information content (AvgIpc) is 3.74. The molecule has 2 aliphatic heterocycles. The van der Waals surface area contributed by atoms with Crippen LogP contribution in [0.1, 0.15) is 76.5 Å². The molecule has 0 atom stereocenters. The number of carbonyl (C=O) groups is 1. The van der Waals surface area contributed by atoms with E-state index in [9.17, 15) is 69.6 Å². The number of nitrogens with zero attached hydrogens (tertiary/aromatic N) is 2. The highest BCUT2D eigenvalue weighted by atomic mass is 32.3. The lowest BCUT2D eigenvalue weighted by Gasteiger charge is -2.27. The van der Waals surface area contributed by atoms with Gasteiger partial charge in [0.1, 0.15) is 24.8 Å². The van der Waals surface area contributed by atoms with E-state index in [-0.39, 0.29) is 52.2 Å². The summed E-state index contributed by atoms with van der Waals surface area (Å²) in [5.41, 5.74) is 0.778. The van der Waals surface area contributed by atoms with Crippen molar-refractivity contribution in [2.24, 2.45) is 0 Å². The summed E-state index contributed by atoms with van der Waals surface area (Å²) in [6, 6.07) is 3.44. The molecule has 3 heterocycles. The van der Waals surface area contributed by atoms with E-state index in [0.29, 0.717) is 70.6 Å². The molecule has 0 fully saturated rings. The molecular weight excluding hydrogens is 993 g/mol. The number of carboxylic acids is 1. The van der Waals surface area contributed by atoms with Crippen molar-refractivity contribution in [2.75, 3.05) is 23.7 Å². The number of unbranched alkanes of at least 4 members (excludes halogenated alkanes) is 2. The number of rotatable bonds is 19. The summed E-state index contributed by atoms with van der Waals surface area (Å²) in [5, 5.41) is 9.17. The molecular formula is C39H47N2O17S7+. The average molecular weight is 1040 g/mol. The zero-order valence-electron chi connectivity index (χ0n) is 35.4. The van der Waals surface area contributed by atoms with Gasteiger partial charge in [0.25, 0.3) is 40.5 Å². The van der Waals surface area contributed by atoms with Gasteiger partial charge in [-0.05, 0) is 69.0 Å². The fourth-order valence-electron chi connectivity index (χ4n) is 8.21. The number of thioether (sulfide) groups is 1. The van der Waals surface area contributed by atoms with E-state index in [2.05, 4.69) is 6.58 Å². The van der Waals surface area contributed by atoms with Crippen molar-refractivity contribution in [3.63, 3.8) is 0 Å². The lowest BCUT2D eigenvalue weighted by Crippen LogP contribution is -2.28. The minimum Gasteiger partial charge on any atom is -0.481 e. The first-order valence-electron chi connectivity index (χ1n) is 19.3. The van der Waals surface area contributed by atoms with Crippen molar-refractivity contribution in [1.29, 1.82) is 0 Å². The summed E-state index contributed by atoms with van der Waals surface area (Å²) < 4.78 is 172. The summed E-state index contributed by atoms with van der Waals surface area (Å²) in [6.07, 6.45) is 9.31. The third kappa shape index (κ3) is 11.2. The van der Waals surface area contributed by atoms with Crippen LogP contribution in [0.5, 0.6) is 0 Å². The van der Waals surface area contributed by atoms with Crippen molar-refractivity contribution in [1.82, 2.24) is 0 Å². The maximum absolute atomic E-state index is 12.8. The molecule has 1 aromatic heterocycles. The predicted octanol–water partition coefficient (Wildman–Crippen LogP) is 6.49. The molecule has 0 bridgehead atoms. The van der Waals surface area contributed by atoms with Gasteiger partial charge in [-0.2, -0.15) is 46.7 Å². The van der Waals surface area contributed by atoms with E-state index in [4.69, 9.17) is 5.11 Å². The second-order valence-corrected chi connectivity index (χ2v) is 26.1. The first kappa shape index (κ1) is 52.2. The number of allylic oxidation sites excluding steroid dienone is 6. The summed E-state index contributed by atoms with van der Waals surface area (Å²) in [4.78, 5) is 11.5. The third-order valence-corrected chi connectivity index (χ3v) is 18.7. The Morgan fingerprint density at radius 1 is 0.815 bits per heavy atom. The Bertz CT molecular complexity index is 3210. The van der Waals surface area contributed by atoms with Gasteiger partial charge >= 0.3 is 16.1 Å². The molecule has 0 saturated carbocycles. The number of hydrogen-bond donors (Lipinski definition) is 6. The highest BCUT2D eigenvalue weighted by Crippen LogP contribution is 2.54. The van der Waals surface area contributed by atoms with E-state index in [1.54, 1.807) is 53.7 Å². The standard InChI is InChI=1S/C39H46N2O17S7/c1-23-34-27(22-29(64(53,54)55)36(23)59-24(2)62(47,48)49)40(17-12-8-11-16-32(42)43)31(39(34,5)6)15-10-7-9-14-30-38(3,4)26-21-28(63(50,51)52)37-25(20-33(60-37)65(56,57)58)35(26)41(30)18-13-19-61(44,45)46/h7,9-10,14-15,20-22H,2,8,11-13,16-19H2,1,3-6H3,(H5-,42,43,44,45,46,47,48,49,50,51,52,53,54,55,56,57,58)/p+1. The fraction of sp³-hybridized carbons (Fsp3) is 0.385. The first-order chi connectivity index (χ1) is 29.6. The van der Waals surface area contributed by atoms with Gasteiger partial charge in [-0.3, -0.25) is 27.6 Å². The Hall–Kier alpha value is -3.80. The number of fused-ring (bicyclic) bond motifs is 4. The molecule has 2 aliphatic rings. The van der Waals surface area contributed by atoms with Crippen molar-refractivity contribution in [2.45, 2.75) is 96.4 Å². The second kappa shape index (κ2) is 18.4. The number of anilines is 1. The number of carboxylic acid groups (broad SMARTS) is 1. The normalized spacial score (nSPS) is 17.3. The molecule has 6 N–H and O–H groups in total. The highest BCUT2D eigenvalue weighted by molar-refractivity contribution is 8.17. The minimum absolute atomic E-state index is 0.0266. The van der Waals surface area contributed by atoms with Gasteiger partial charge in [0, 0.05) is 52.7 Å². The summed E-state index contributed by atoms with van der Waals surface area (Å²) >= 11 is 0.762. The van der Waals surface area contributed by atoms with Crippen LogP contribution < -0.4 is 4.90 Å². The zero-order chi connectivity index (χ0) is 49.0. The van der Waals surface area contributed by atoms with Crippen LogP contribution in [0, 0.1) is 6.92 Å². The molecule has 65 heavy (non-hydrogen) atoms. The van der Waals surface area contributed by atoms with Crippen LogP contribution in [-0.2, 0) is 66.2 Å². The van der Waals surface area contributed by atoms with Gasteiger partial charge in [0.15, 0.2) is 5.71 Å². The number of hydrogen-bond acceptors (Lipinski definition) is 14. The monoisotopic (exact) mass is 1040 g/mol. The SMILES string of the molecule is C=C(Sc1c(S(=O)(=O)O)cc2c(c1C)C(C)(C)\C(=C/C=C/C=C/C1=[N+](CCCS(=O)(=O)O)c3c(cc(S(=O)(=O)O)c4sc(S(=O)(=O)O)cc34)C1(C)C)N2CCCCCC(=O)O)S(=O)(=O)O. The van der Waals surface area contributed by atoms with E-state index in [0.717, 1.165) is 6.07 Å². The Balaban J connectivity index is 1.66. The Labute approximate surface area is 385 Å². The molecule has 0 radical (unpaired) electrons. The molecule has 0 unspecified atom stereocenters. The first-order valence-corrected chi connectivity index (χ1v) is 28.3. The summed E-state index contributed by atoms with van der Waals surface area (Å²) in [7, 11) is -24.1. The van der Waals surface area contributed by atoms with Crippen molar-refractivity contribution in [3.05, 3.63) is 81.8 Å². The highest BCUT2D eigenvalue weighted by Gasteiger charge is 2.48. The number of aliphatic carboxylic acids is 1. The molecule has 5 rings (SSSR count).